The number of carbonyl (C=O) groups is 1. The number of likely N-dealkylation sites (tertiary alicyclic amines) is 1. The van der Waals surface area contributed by atoms with Gasteiger partial charge in [0.1, 0.15) is 5.60 Å². The van der Waals surface area contributed by atoms with Gasteiger partial charge in [-0.2, -0.15) is 0 Å². The third-order valence-corrected chi connectivity index (χ3v) is 4.52. The monoisotopic (exact) mass is 352 g/mol. The summed E-state index contributed by atoms with van der Waals surface area (Å²) in [5.41, 5.74) is 3.00. The molecule has 2 aromatic carbocycles. The van der Waals surface area contributed by atoms with E-state index in [0.29, 0.717) is 0 Å². The zero-order chi connectivity index (χ0) is 18.6. The molecule has 0 aliphatic carbocycles. The first kappa shape index (κ1) is 18.3. The van der Waals surface area contributed by atoms with Crippen LogP contribution in [0, 0.1) is 0 Å². The molecule has 1 atom stereocenters. The highest BCUT2D eigenvalue weighted by molar-refractivity contribution is 5.70. The molecule has 2 aromatic rings. The summed E-state index contributed by atoms with van der Waals surface area (Å²) in [5.74, 6) is 0. The standard InChI is InChI=1S/C22H28N2O2/c1-22(2,3)26-21(25)24-14-8-13-20(24)16-23-19-12-7-11-18(15-19)17-9-5-4-6-10-17/h4-7,9-12,15,20,23H,8,13-14,16H2,1-3H3. The Bertz CT molecular complexity index is 737. The number of anilines is 1. The van der Waals surface area contributed by atoms with E-state index in [0.717, 1.165) is 31.6 Å². The molecule has 1 aliphatic heterocycles. The Morgan fingerprint density at radius 2 is 1.85 bits per heavy atom. The number of hydrogen-bond acceptors (Lipinski definition) is 3. The molecular formula is C22H28N2O2. The molecule has 1 fully saturated rings. The summed E-state index contributed by atoms with van der Waals surface area (Å²) in [7, 11) is 0. The molecule has 1 saturated heterocycles. The van der Waals surface area contributed by atoms with Gasteiger partial charge in [-0.3, -0.25) is 0 Å². The maximum atomic E-state index is 12.4. The minimum Gasteiger partial charge on any atom is -0.444 e. The highest BCUT2D eigenvalue weighted by Crippen LogP contribution is 2.24. The summed E-state index contributed by atoms with van der Waals surface area (Å²) < 4.78 is 5.54. The molecule has 1 aliphatic rings. The number of amides is 1. The molecule has 1 N–H and O–H groups in total. The summed E-state index contributed by atoms with van der Waals surface area (Å²) in [6.07, 6.45) is 1.82. The largest absolute Gasteiger partial charge is 0.444 e. The van der Waals surface area contributed by atoms with Crippen molar-refractivity contribution < 1.29 is 9.53 Å². The maximum absolute atomic E-state index is 12.4. The molecule has 138 valence electrons. The zero-order valence-corrected chi connectivity index (χ0v) is 15.9. The second-order valence-electron chi connectivity index (χ2n) is 7.80. The van der Waals surface area contributed by atoms with Gasteiger partial charge in [0.05, 0.1) is 6.04 Å². The van der Waals surface area contributed by atoms with Crippen LogP contribution in [-0.4, -0.2) is 35.7 Å². The molecule has 0 spiro atoms. The minimum absolute atomic E-state index is 0.172. The van der Waals surface area contributed by atoms with Crippen molar-refractivity contribution in [3.05, 3.63) is 54.6 Å². The van der Waals surface area contributed by atoms with Gasteiger partial charge in [-0.1, -0.05) is 42.5 Å². The minimum atomic E-state index is -0.457. The molecule has 0 aromatic heterocycles. The summed E-state index contributed by atoms with van der Waals surface area (Å²) in [6.45, 7) is 7.22. The van der Waals surface area contributed by atoms with Crippen LogP contribution in [0.1, 0.15) is 33.6 Å². The first-order chi connectivity index (χ1) is 12.4. The molecule has 4 heteroatoms. The Hall–Kier alpha value is -2.49. The van der Waals surface area contributed by atoms with E-state index in [-0.39, 0.29) is 12.1 Å². The van der Waals surface area contributed by atoms with Gasteiger partial charge in [0.15, 0.2) is 0 Å². The number of hydrogen-bond donors (Lipinski definition) is 1. The van der Waals surface area contributed by atoms with Crippen molar-refractivity contribution in [1.82, 2.24) is 4.90 Å². The number of nitrogens with one attached hydrogen (secondary N) is 1. The van der Waals surface area contributed by atoms with Crippen LogP contribution in [-0.2, 0) is 4.74 Å². The van der Waals surface area contributed by atoms with E-state index in [2.05, 4.69) is 41.7 Å². The average Bonchev–Trinajstić information content (AvgIpc) is 3.08. The molecule has 1 heterocycles. The van der Waals surface area contributed by atoms with Crippen LogP contribution in [0.25, 0.3) is 11.1 Å². The lowest BCUT2D eigenvalue weighted by Crippen LogP contribution is -2.42. The maximum Gasteiger partial charge on any atom is 0.410 e. The fourth-order valence-corrected chi connectivity index (χ4v) is 3.28. The molecule has 3 rings (SSSR count). The first-order valence-electron chi connectivity index (χ1n) is 9.31. The molecule has 0 saturated carbocycles. The first-order valence-corrected chi connectivity index (χ1v) is 9.31. The fraction of sp³-hybridized carbons (Fsp3) is 0.409. The van der Waals surface area contributed by atoms with E-state index < -0.39 is 5.60 Å². The van der Waals surface area contributed by atoms with Crippen molar-refractivity contribution in [2.24, 2.45) is 0 Å². The normalized spacial score (nSPS) is 17.2. The number of carbonyl (C=O) groups excluding carboxylic acids is 1. The van der Waals surface area contributed by atoms with Crippen molar-refractivity contribution in [2.45, 2.75) is 45.3 Å². The van der Waals surface area contributed by atoms with Crippen LogP contribution in [0.2, 0.25) is 0 Å². The molecule has 1 unspecified atom stereocenters. The van der Waals surface area contributed by atoms with Gasteiger partial charge in [0.2, 0.25) is 0 Å². The van der Waals surface area contributed by atoms with Gasteiger partial charge in [0, 0.05) is 18.8 Å². The van der Waals surface area contributed by atoms with Gasteiger partial charge in [-0.15, -0.1) is 0 Å². The summed E-state index contributed by atoms with van der Waals surface area (Å²) >= 11 is 0. The lowest BCUT2D eigenvalue weighted by atomic mass is 10.1. The van der Waals surface area contributed by atoms with Gasteiger partial charge in [-0.05, 0) is 56.9 Å². The smallest absolute Gasteiger partial charge is 0.410 e. The Morgan fingerprint density at radius 3 is 2.58 bits per heavy atom. The Kier molecular flexibility index (Phi) is 5.50. The van der Waals surface area contributed by atoms with E-state index in [1.807, 2.05) is 43.9 Å². The Morgan fingerprint density at radius 1 is 1.12 bits per heavy atom. The predicted molar refractivity (Wildman–Crippen MR) is 106 cm³/mol. The summed E-state index contributed by atoms with van der Waals surface area (Å²) in [6, 6.07) is 18.9. The number of ether oxygens (including phenoxy) is 1. The van der Waals surface area contributed by atoms with E-state index in [4.69, 9.17) is 4.74 Å². The lowest BCUT2D eigenvalue weighted by Gasteiger charge is -2.29. The fourth-order valence-electron chi connectivity index (χ4n) is 3.28. The zero-order valence-electron chi connectivity index (χ0n) is 15.9. The number of nitrogens with zero attached hydrogens (tertiary/aromatic N) is 1. The van der Waals surface area contributed by atoms with E-state index in [9.17, 15) is 4.79 Å². The molecule has 4 nitrogen and oxygen atoms in total. The van der Waals surface area contributed by atoms with Gasteiger partial charge < -0.3 is 15.0 Å². The Balaban J connectivity index is 1.62. The molecule has 26 heavy (non-hydrogen) atoms. The summed E-state index contributed by atoms with van der Waals surface area (Å²) in [5, 5.41) is 3.49. The molecule has 1 amide bonds. The van der Waals surface area contributed by atoms with Gasteiger partial charge in [0.25, 0.3) is 0 Å². The SMILES string of the molecule is CC(C)(C)OC(=O)N1CCCC1CNc1cccc(-c2ccccc2)c1. The number of rotatable bonds is 4. The third kappa shape index (κ3) is 4.78. The molecular weight excluding hydrogens is 324 g/mol. The van der Waals surface area contributed by atoms with E-state index in [1.54, 1.807) is 0 Å². The van der Waals surface area contributed by atoms with Crippen molar-refractivity contribution in [1.29, 1.82) is 0 Å². The second kappa shape index (κ2) is 7.81. The van der Waals surface area contributed by atoms with Crippen molar-refractivity contribution in [3.8, 4) is 11.1 Å². The van der Waals surface area contributed by atoms with Crippen molar-refractivity contribution >= 4 is 11.8 Å². The summed E-state index contributed by atoms with van der Waals surface area (Å²) in [4.78, 5) is 14.3. The van der Waals surface area contributed by atoms with Gasteiger partial charge >= 0.3 is 6.09 Å². The highest BCUT2D eigenvalue weighted by Gasteiger charge is 2.31. The third-order valence-electron chi connectivity index (χ3n) is 4.52. The highest BCUT2D eigenvalue weighted by atomic mass is 16.6. The lowest BCUT2D eigenvalue weighted by molar-refractivity contribution is 0.0235. The van der Waals surface area contributed by atoms with Crippen LogP contribution in [0.4, 0.5) is 10.5 Å². The average molecular weight is 352 g/mol. The number of benzene rings is 2. The van der Waals surface area contributed by atoms with Crippen LogP contribution < -0.4 is 5.32 Å². The van der Waals surface area contributed by atoms with E-state index >= 15 is 0 Å². The Labute approximate surface area is 156 Å². The van der Waals surface area contributed by atoms with Crippen molar-refractivity contribution in [2.75, 3.05) is 18.4 Å². The van der Waals surface area contributed by atoms with Crippen LogP contribution in [0.15, 0.2) is 54.6 Å². The van der Waals surface area contributed by atoms with Crippen LogP contribution in [0.5, 0.6) is 0 Å². The predicted octanol–water partition coefficient (Wildman–Crippen LogP) is 5.17. The van der Waals surface area contributed by atoms with Gasteiger partial charge in [-0.25, -0.2) is 4.79 Å². The topological polar surface area (TPSA) is 41.6 Å². The quantitative estimate of drug-likeness (QED) is 0.826. The van der Waals surface area contributed by atoms with Crippen molar-refractivity contribution in [3.63, 3.8) is 0 Å². The van der Waals surface area contributed by atoms with E-state index in [1.165, 1.54) is 11.1 Å². The molecule has 0 radical (unpaired) electrons. The second-order valence-corrected chi connectivity index (χ2v) is 7.80. The molecule has 0 bridgehead atoms. The van der Waals surface area contributed by atoms with Crippen LogP contribution >= 0.6 is 0 Å². The van der Waals surface area contributed by atoms with Crippen LogP contribution in [0.3, 0.4) is 0 Å².